The molecular weight excluding hydrogens is 310 g/mol. The molecule has 2 N–H and O–H groups in total. The van der Waals surface area contributed by atoms with Gasteiger partial charge < -0.3 is 10.6 Å². The van der Waals surface area contributed by atoms with Crippen LogP contribution in [0.15, 0.2) is 66.7 Å². The average molecular weight is 335 g/mol. The van der Waals surface area contributed by atoms with Gasteiger partial charge in [-0.05, 0) is 18.7 Å². The lowest BCUT2D eigenvalue weighted by Gasteiger charge is -2.36. The quantitative estimate of drug-likeness (QED) is 0.852. The van der Waals surface area contributed by atoms with Gasteiger partial charge in [-0.2, -0.15) is 0 Å². The summed E-state index contributed by atoms with van der Waals surface area (Å²) < 4.78 is 0. The first-order valence-electron chi connectivity index (χ1n) is 8.69. The van der Waals surface area contributed by atoms with E-state index < -0.39 is 0 Å². The summed E-state index contributed by atoms with van der Waals surface area (Å²) in [6.45, 7) is 6.75. The molecule has 1 aromatic carbocycles. The third-order valence-corrected chi connectivity index (χ3v) is 4.40. The Balaban J connectivity index is 1.70. The molecule has 1 aliphatic heterocycles. The maximum atomic E-state index is 5.71. The number of piperazine rings is 1. The maximum absolute atomic E-state index is 5.71. The van der Waals surface area contributed by atoms with Crippen molar-refractivity contribution in [2.75, 3.05) is 37.6 Å². The third kappa shape index (κ3) is 4.25. The van der Waals surface area contributed by atoms with Crippen LogP contribution in [0.4, 0.5) is 5.82 Å². The van der Waals surface area contributed by atoms with E-state index >= 15 is 0 Å². The fraction of sp³-hybridized carbons (Fsp3) is 0.300. The standard InChI is InChI=1S/C20H25N5/c1-2-6-17(15-21)16-24-11-13-25(14-12-24)20-19(22-9-10-23-20)18-7-4-3-5-8-18/h2-10,15H,11-14,16,21H2,1H3/b6-2+,17-15+. The number of anilines is 1. The van der Waals surface area contributed by atoms with Crippen LogP contribution in [-0.4, -0.2) is 47.6 Å². The minimum atomic E-state index is 0.890. The minimum absolute atomic E-state index is 0.890. The molecule has 3 rings (SSSR count). The largest absolute Gasteiger partial charge is 0.404 e. The molecule has 0 spiro atoms. The van der Waals surface area contributed by atoms with Crippen molar-refractivity contribution < 1.29 is 0 Å². The fourth-order valence-electron chi connectivity index (χ4n) is 3.11. The Hall–Kier alpha value is -2.66. The van der Waals surface area contributed by atoms with Gasteiger partial charge in [0.25, 0.3) is 0 Å². The summed E-state index contributed by atoms with van der Waals surface area (Å²) in [7, 11) is 0. The van der Waals surface area contributed by atoms with Crippen molar-refractivity contribution in [1.82, 2.24) is 14.9 Å². The highest BCUT2D eigenvalue weighted by atomic mass is 15.3. The van der Waals surface area contributed by atoms with E-state index in [2.05, 4.69) is 38.0 Å². The molecule has 1 aliphatic rings. The average Bonchev–Trinajstić information content (AvgIpc) is 2.69. The lowest BCUT2D eigenvalue weighted by atomic mass is 10.1. The first-order chi connectivity index (χ1) is 12.3. The lowest BCUT2D eigenvalue weighted by molar-refractivity contribution is 0.279. The van der Waals surface area contributed by atoms with Gasteiger partial charge in [0.1, 0.15) is 5.69 Å². The van der Waals surface area contributed by atoms with E-state index in [0.29, 0.717) is 0 Å². The second-order valence-corrected chi connectivity index (χ2v) is 6.10. The Morgan fingerprint density at radius 3 is 2.48 bits per heavy atom. The molecule has 1 aromatic heterocycles. The second-order valence-electron chi connectivity index (χ2n) is 6.10. The fourth-order valence-corrected chi connectivity index (χ4v) is 3.11. The summed E-state index contributed by atoms with van der Waals surface area (Å²) in [6.07, 6.45) is 9.33. The predicted octanol–water partition coefficient (Wildman–Crippen LogP) is 2.68. The zero-order valence-corrected chi connectivity index (χ0v) is 14.7. The van der Waals surface area contributed by atoms with Gasteiger partial charge >= 0.3 is 0 Å². The number of rotatable bonds is 5. The van der Waals surface area contributed by atoms with Crippen LogP contribution in [0.25, 0.3) is 11.3 Å². The van der Waals surface area contributed by atoms with Crippen LogP contribution in [0.1, 0.15) is 6.92 Å². The zero-order valence-electron chi connectivity index (χ0n) is 14.7. The lowest BCUT2D eigenvalue weighted by Crippen LogP contribution is -2.47. The molecule has 0 radical (unpaired) electrons. The molecule has 0 unspecified atom stereocenters. The summed E-state index contributed by atoms with van der Waals surface area (Å²) in [4.78, 5) is 13.9. The van der Waals surface area contributed by atoms with Gasteiger partial charge in [-0.3, -0.25) is 9.88 Å². The highest BCUT2D eigenvalue weighted by molar-refractivity contribution is 5.71. The molecule has 1 fully saturated rings. The molecule has 0 bridgehead atoms. The van der Waals surface area contributed by atoms with Crippen molar-refractivity contribution in [2.45, 2.75) is 6.92 Å². The van der Waals surface area contributed by atoms with Gasteiger partial charge in [0.15, 0.2) is 5.82 Å². The first-order valence-corrected chi connectivity index (χ1v) is 8.69. The van der Waals surface area contributed by atoms with E-state index in [1.165, 1.54) is 0 Å². The number of benzene rings is 1. The number of nitrogens with two attached hydrogens (primary N) is 1. The van der Waals surface area contributed by atoms with Crippen molar-refractivity contribution in [3.05, 3.63) is 66.7 Å². The van der Waals surface area contributed by atoms with Crippen LogP contribution < -0.4 is 10.6 Å². The summed E-state index contributed by atoms with van der Waals surface area (Å²) in [5.74, 6) is 0.969. The normalized spacial score (nSPS) is 16.5. The van der Waals surface area contributed by atoms with E-state index in [4.69, 9.17) is 5.73 Å². The van der Waals surface area contributed by atoms with Gasteiger partial charge in [-0.25, -0.2) is 4.98 Å². The minimum Gasteiger partial charge on any atom is -0.404 e. The topological polar surface area (TPSA) is 58.3 Å². The van der Waals surface area contributed by atoms with Crippen molar-refractivity contribution >= 4 is 5.82 Å². The van der Waals surface area contributed by atoms with E-state index in [1.54, 1.807) is 18.6 Å². The van der Waals surface area contributed by atoms with Crippen LogP contribution in [0.3, 0.4) is 0 Å². The molecule has 0 amide bonds. The monoisotopic (exact) mass is 335 g/mol. The molecule has 0 atom stereocenters. The molecule has 2 heterocycles. The van der Waals surface area contributed by atoms with Crippen LogP contribution >= 0.6 is 0 Å². The van der Waals surface area contributed by atoms with E-state index in [-0.39, 0.29) is 0 Å². The summed E-state index contributed by atoms with van der Waals surface area (Å²) in [5.41, 5.74) is 8.92. The van der Waals surface area contributed by atoms with Gasteiger partial charge in [-0.1, -0.05) is 42.5 Å². The Labute approximate surface area is 149 Å². The SMILES string of the molecule is C/C=C/C(=C\N)CN1CCN(c2nccnc2-c2ccccc2)CC1. The van der Waals surface area contributed by atoms with E-state index in [1.807, 2.05) is 31.2 Å². The molecule has 5 nitrogen and oxygen atoms in total. The summed E-state index contributed by atoms with van der Waals surface area (Å²) in [5, 5.41) is 0. The molecule has 5 heteroatoms. The summed E-state index contributed by atoms with van der Waals surface area (Å²) in [6, 6.07) is 10.3. The number of hydrogen-bond donors (Lipinski definition) is 1. The van der Waals surface area contributed by atoms with Gasteiger partial charge in [-0.15, -0.1) is 0 Å². The van der Waals surface area contributed by atoms with Crippen molar-refractivity contribution in [3.63, 3.8) is 0 Å². The third-order valence-electron chi connectivity index (χ3n) is 4.40. The number of nitrogens with zero attached hydrogens (tertiary/aromatic N) is 4. The molecule has 0 saturated carbocycles. The molecular formula is C20H25N5. The second kappa shape index (κ2) is 8.44. The first kappa shape index (κ1) is 17.2. The Morgan fingerprint density at radius 2 is 1.80 bits per heavy atom. The highest BCUT2D eigenvalue weighted by Crippen LogP contribution is 2.27. The van der Waals surface area contributed by atoms with E-state index in [0.717, 1.165) is 55.4 Å². The molecule has 25 heavy (non-hydrogen) atoms. The van der Waals surface area contributed by atoms with Crippen LogP contribution in [0.5, 0.6) is 0 Å². The van der Waals surface area contributed by atoms with Crippen molar-refractivity contribution in [2.24, 2.45) is 5.73 Å². The Kier molecular flexibility index (Phi) is 5.80. The maximum Gasteiger partial charge on any atom is 0.155 e. The highest BCUT2D eigenvalue weighted by Gasteiger charge is 2.21. The zero-order chi connectivity index (χ0) is 17.5. The molecule has 130 valence electrons. The summed E-state index contributed by atoms with van der Waals surface area (Å²) >= 11 is 0. The number of aromatic nitrogens is 2. The van der Waals surface area contributed by atoms with Crippen molar-refractivity contribution in [3.8, 4) is 11.3 Å². The number of allylic oxidation sites excluding steroid dienone is 1. The predicted molar refractivity (Wildman–Crippen MR) is 103 cm³/mol. The van der Waals surface area contributed by atoms with Gasteiger partial charge in [0.05, 0.1) is 0 Å². The van der Waals surface area contributed by atoms with Crippen LogP contribution in [-0.2, 0) is 0 Å². The van der Waals surface area contributed by atoms with Crippen LogP contribution in [0, 0.1) is 0 Å². The Morgan fingerprint density at radius 1 is 1.08 bits per heavy atom. The smallest absolute Gasteiger partial charge is 0.155 e. The Bertz CT molecular complexity index is 731. The molecule has 1 saturated heterocycles. The molecule has 2 aromatic rings. The van der Waals surface area contributed by atoms with Crippen molar-refractivity contribution in [1.29, 1.82) is 0 Å². The van der Waals surface area contributed by atoms with Gasteiger partial charge in [0.2, 0.25) is 0 Å². The molecule has 0 aliphatic carbocycles. The van der Waals surface area contributed by atoms with Gasteiger partial charge in [0, 0.05) is 50.7 Å². The van der Waals surface area contributed by atoms with E-state index in [9.17, 15) is 0 Å². The van der Waals surface area contributed by atoms with Crippen LogP contribution in [0.2, 0.25) is 0 Å². The number of hydrogen-bond acceptors (Lipinski definition) is 5.